The van der Waals surface area contributed by atoms with E-state index in [1.54, 1.807) is 0 Å². The van der Waals surface area contributed by atoms with Crippen molar-refractivity contribution < 1.29 is 9.53 Å². The first-order chi connectivity index (χ1) is 14.8. The van der Waals surface area contributed by atoms with Gasteiger partial charge in [-0.3, -0.25) is 4.79 Å². The molecule has 6 rings (SSSR count). The summed E-state index contributed by atoms with van der Waals surface area (Å²) in [5, 5.41) is 13.4. The highest BCUT2D eigenvalue weighted by molar-refractivity contribution is 5.85. The Labute approximate surface area is 174 Å². The lowest BCUT2D eigenvalue weighted by molar-refractivity contribution is -0.143. The van der Waals surface area contributed by atoms with Crippen LogP contribution in [0.3, 0.4) is 0 Å². The van der Waals surface area contributed by atoms with Crippen molar-refractivity contribution in [1.29, 1.82) is 0 Å². The Hall–Kier alpha value is -2.74. The van der Waals surface area contributed by atoms with Gasteiger partial charge < -0.3 is 14.6 Å². The van der Waals surface area contributed by atoms with Crippen molar-refractivity contribution in [2.24, 2.45) is 0 Å². The fourth-order valence-corrected chi connectivity index (χ4v) is 5.57. The number of rotatable bonds is 1. The molecule has 8 nitrogen and oxygen atoms in total. The van der Waals surface area contributed by atoms with Crippen LogP contribution >= 0.6 is 0 Å². The summed E-state index contributed by atoms with van der Waals surface area (Å²) >= 11 is 0. The normalized spacial score (nSPS) is 23.2. The van der Waals surface area contributed by atoms with Crippen LogP contribution in [0, 0.1) is 0 Å². The first kappa shape index (κ1) is 18.1. The number of hydrogen-bond donors (Lipinski definition) is 1. The lowest BCUT2D eigenvalue weighted by atomic mass is 9.82. The number of tetrazole rings is 1. The minimum Gasteiger partial charge on any atom is -0.368 e. The monoisotopic (exact) mass is 406 g/mol. The number of carbonyl (C=O) groups is 1. The predicted molar refractivity (Wildman–Crippen MR) is 110 cm³/mol. The summed E-state index contributed by atoms with van der Waals surface area (Å²) in [6, 6.07) is 8.49. The van der Waals surface area contributed by atoms with Gasteiger partial charge in [0.1, 0.15) is 5.60 Å². The minimum absolute atomic E-state index is 0.162. The summed E-state index contributed by atoms with van der Waals surface area (Å²) in [6.07, 6.45) is 5.42. The number of carbonyl (C=O) groups excluding carboxylic acids is 1. The second-order valence-electron chi connectivity index (χ2n) is 8.75. The SMILES string of the molecule is O=C(C1CCCCn2nnnc21)N1CCC2(CC1)OCCc1c2[nH]c2ccccc12. The molecule has 2 aromatic heterocycles. The number of para-hydroxylation sites is 1. The fraction of sp³-hybridized carbons (Fsp3) is 0.545. The number of H-pyrrole nitrogens is 1. The molecule has 3 aromatic rings. The van der Waals surface area contributed by atoms with E-state index in [9.17, 15) is 4.79 Å². The smallest absolute Gasteiger partial charge is 0.233 e. The Balaban J connectivity index is 1.25. The quantitative estimate of drug-likeness (QED) is 0.671. The molecule has 30 heavy (non-hydrogen) atoms. The summed E-state index contributed by atoms with van der Waals surface area (Å²) in [5.41, 5.74) is 3.48. The number of fused-ring (bicyclic) bond motifs is 5. The van der Waals surface area contributed by atoms with E-state index in [4.69, 9.17) is 4.74 Å². The van der Waals surface area contributed by atoms with Crippen LogP contribution in [-0.4, -0.2) is 55.7 Å². The third-order valence-corrected chi connectivity index (χ3v) is 7.16. The highest BCUT2D eigenvalue weighted by Gasteiger charge is 2.44. The molecular formula is C22H26N6O2. The van der Waals surface area contributed by atoms with Crippen LogP contribution < -0.4 is 0 Å². The number of piperidine rings is 1. The average Bonchev–Trinajstić information content (AvgIpc) is 3.35. The molecule has 8 heteroatoms. The highest BCUT2D eigenvalue weighted by atomic mass is 16.5. The van der Waals surface area contributed by atoms with Crippen LogP contribution in [0.5, 0.6) is 0 Å². The number of hydrogen-bond acceptors (Lipinski definition) is 5. The zero-order valence-electron chi connectivity index (χ0n) is 17.0. The zero-order chi connectivity index (χ0) is 20.1. The highest BCUT2D eigenvalue weighted by Crippen LogP contribution is 2.44. The topological polar surface area (TPSA) is 88.9 Å². The van der Waals surface area contributed by atoms with E-state index in [1.807, 2.05) is 9.58 Å². The van der Waals surface area contributed by atoms with E-state index < -0.39 is 0 Å². The molecule has 1 spiro atoms. The first-order valence-electron chi connectivity index (χ1n) is 11.0. The molecule has 5 heterocycles. The third-order valence-electron chi connectivity index (χ3n) is 7.16. The van der Waals surface area contributed by atoms with Gasteiger partial charge in [0.2, 0.25) is 5.91 Å². The molecule has 0 radical (unpaired) electrons. The second-order valence-corrected chi connectivity index (χ2v) is 8.75. The second kappa shape index (κ2) is 6.91. The molecule has 3 aliphatic rings. The number of ether oxygens (including phenoxy) is 1. The molecule has 1 unspecified atom stereocenters. The molecule has 3 aliphatic heterocycles. The molecule has 1 aromatic carbocycles. The minimum atomic E-state index is -0.311. The van der Waals surface area contributed by atoms with Crippen LogP contribution in [0.2, 0.25) is 0 Å². The van der Waals surface area contributed by atoms with Crippen molar-refractivity contribution in [3.8, 4) is 0 Å². The van der Waals surface area contributed by atoms with E-state index in [-0.39, 0.29) is 17.4 Å². The molecule has 1 amide bonds. The van der Waals surface area contributed by atoms with Crippen molar-refractivity contribution in [2.75, 3.05) is 19.7 Å². The number of benzene rings is 1. The average molecular weight is 406 g/mol. The van der Waals surface area contributed by atoms with Gasteiger partial charge in [-0.05, 0) is 54.2 Å². The maximum absolute atomic E-state index is 13.4. The van der Waals surface area contributed by atoms with E-state index in [0.717, 1.165) is 57.5 Å². The zero-order valence-corrected chi connectivity index (χ0v) is 17.0. The molecule has 1 fully saturated rings. The molecule has 1 N–H and O–H groups in total. The Morgan fingerprint density at radius 2 is 2.03 bits per heavy atom. The van der Waals surface area contributed by atoms with Gasteiger partial charge in [-0.15, -0.1) is 5.10 Å². The van der Waals surface area contributed by atoms with Crippen LogP contribution in [-0.2, 0) is 28.1 Å². The molecule has 1 atom stereocenters. The molecule has 0 aliphatic carbocycles. The number of aromatic amines is 1. The van der Waals surface area contributed by atoms with Crippen LogP contribution in [0.4, 0.5) is 0 Å². The number of aryl methyl sites for hydroxylation is 1. The van der Waals surface area contributed by atoms with Crippen molar-refractivity contribution in [2.45, 2.75) is 56.6 Å². The van der Waals surface area contributed by atoms with Crippen LogP contribution in [0.15, 0.2) is 24.3 Å². The largest absolute Gasteiger partial charge is 0.368 e. The van der Waals surface area contributed by atoms with Crippen molar-refractivity contribution in [3.05, 3.63) is 41.3 Å². The first-order valence-corrected chi connectivity index (χ1v) is 11.0. The maximum Gasteiger partial charge on any atom is 0.233 e. The van der Waals surface area contributed by atoms with Gasteiger partial charge in [0.15, 0.2) is 5.82 Å². The van der Waals surface area contributed by atoms with Gasteiger partial charge in [0, 0.05) is 30.5 Å². The molecule has 1 saturated heterocycles. The lowest BCUT2D eigenvalue weighted by Gasteiger charge is -2.44. The van der Waals surface area contributed by atoms with E-state index in [2.05, 4.69) is 44.8 Å². The van der Waals surface area contributed by atoms with Gasteiger partial charge in [0.05, 0.1) is 18.2 Å². The third kappa shape index (κ3) is 2.70. The number of nitrogens with zero attached hydrogens (tertiary/aromatic N) is 5. The van der Waals surface area contributed by atoms with Gasteiger partial charge in [-0.2, -0.15) is 0 Å². The van der Waals surface area contributed by atoms with E-state index in [0.29, 0.717) is 13.1 Å². The van der Waals surface area contributed by atoms with Gasteiger partial charge in [-0.25, -0.2) is 4.68 Å². The fourth-order valence-electron chi connectivity index (χ4n) is 5.57. The van der Waals surface area contributed by atoms with Crippen molar-refractivity contribution in [1.82, 2.24) is 30.1 Å². The maximum atomic E-state index is 13.4. The lowest BCUT2D eigenvalue weighted by Crippen LogP contribution is -2.49. The predicted octanol–water partition coefficient (Wildman–Crippen LogP) is 2.51. The van der Waals surface area contributed by atoms with Crippen molar-refractivity contribution >= 4 is 16.8 Å². The van der Waals surface area contributed by atoms with E-state index in [1.165, 1.54) is 22.2 Å². The van der Waals surface area contributed by atoms with Gasteiger partial charge >= 0.3 is 0 Å². The Bertz CT molecular complexity index is 1090. The number of aromatic nitrogens is 5. The summed E-state index contributed by atoms with van der Waals surface area (Å²) in [4.78, 5) is 19.0. The summed E-state index contributed by atoms with van der Waals surface area (Å²) in [6.45, 7) is 2.93. The Morgan fingerprint density at radius 3 is 2.93 bits per heavy atom. The molecule has 0 saturated carbocycles. The van der Waals surface area contributed by atoms with E-state index >= 15 is 0 Å². The van der Waals surface area contributed by atoms with Crippen molar-refractivity contribution in [3.63, 3.8) is 0 Å². The summed E-state index contributed by atoms with van der Waals surface area (Å²) < 4.78 is 8.20. The number of likely N-dealkylation sites (tertiary alicyclic amines) is 1. The number of nitrogens with one attached hydrogen (secondary N) is 1. The summed E-state index contributed by atoms with van der Waals surface area (Å²) in [7, 11) is 0. The molecular weight excluding hydrogens is 380 g/mol. The molecule has 156 valence electrons. The van der Waals surface area contributed by atoms with Crippen LogP contribution in [0.1, 0.15) is 55.1 Å². The summed E-state index contributed by atoms with van der Waals surface area (Å²) in [5.74, 6) is 0.660. The van der Waals surface area contributed by atoms with Crippen LogP contribution in [0.25, 0.3) is 10.9 Å². The Morgan fingerprint density at radius 1 is 1.17 bits per heavy atom. The molecule has 0 bridgehead atoms. The standard InChI is InChI=1S/C22H26N6O2/c29-21(17-6-3-4-11-28-20(17)24-25-26-28)27-12-9-22(10-13-27)19-16(8-14-30-22)15-5-1-2-7-18(15)23-19/h1-2,5,7,17,23H,3-4,6,8-14H2. The Kier molecular flexibility index (Phi) is 4.16. The van der Waals surface area contributed by atoms with Gasteiger partial charge in [-0.1, -0.05) is 24.6 Å². The number of amides is 1. The van der Waals surface area contributed by atoms with Gasteiger partial charge in [0.25, 0.3) is 0 Å².